The molecule has 1 atom stereocenters. The maximum atomic E-state index is 14.2. The van der Waals surface area contributed by atoms with Gasteiger partial charge in [-0.3, -0.25) is 14.6 Å². The number of rotatable bonds is 16. The van der Waals surface area contributed by atoms with Crippen molar-refractivity contribution in [1.29, 1.82) is 0 Å². The Morgan fingerprint density at radius 3 is 2.20 bits per heavy atom. The van der Waals surface area contributed by atoms with E-state index in [4.69, 9.17) is 4.74 Å². The lowest BCUT2D eigenvalue weighted by molar-refractivity contribution is -0.166. The monoisotopic (exact) mass is 941 g/mol. The predicted octanol–water partition coefficient (Wildman–Crippen LogP) is 7.39. The molecular formula is C47H58F3N5O6S3. The number of morpholine rings is 1. The molecule has 17 heteroatoms. The van der Waals surface area contributed by atoms with Gasteiger partial charge in [-0.15, -0.1) is 11.8 Å². The predicted molar refractivity (Wildman–Crippen MR) is 244 cm³/mol. The van der Waals surface area contributed by atoms with Gasteiger partial charge in [0.2, 0.25) is 0 Å². The Bertz CT molecular complexity index is 2480. The second-order valence-electron chi connectivity index (χ2n) is 19.4. The fourth-order valence-corrected chi connectivity index (χ4v) is 13.5. The number of hydrogen-bond acceptors (Lipinski definition) is 11. The van der Waals surface area contributed by atoms with Crippen LogP contribution in [-0.2, 0) is 24.6 Å². The molecule has 2 aliphatic heterocycles. The first-order chi connectivity index (χ1) is 30.2. The molecule has 2 saturated heterocycles. The van der Waals surface area contributed by atoms with Crippen LogP contribution in [0.4, 0.5) is 18.9 Å². The topological polar surface area (TPSA) is 128 Å². The summed E-state index contributed by atoms with van der Waals surface area (Å²) in [6.07, 6.45) is 8.44. The zero-order valence-electron chi connectivity index (χ0n) is 36.7. The molecule has 2 aromatic rings. The Kier molecular flexibility index (Phi) is 13.2. The van der Waals surface area contributed by atoms with E-state index in [9.17, 15) is 34.8 Å². The minimum atomic E-state index is -6.09. The molecule has 2 aromatic carbocycles. The number of hydrogen-bond donors (Lipinski definition) is 2. The summed E-state index contributed by atoms with van der Waals surface area (Å²) in [4.78, 5) is 18.8. The molecule has 9 rings (SSSR count). The van der Waals surface area contributed by atoms with Crippen molar-refractivity contribution < 1.29 is 39.5 Å². The molecule has 1 amide bonds. The maximum Gasteiger partial charge on any atom is 0.502 e. The number of carbonyl (C=O) groups excluding carboxylic acids is 1. The van der Waals surface area contributed by atoms with Gasteiger partial charge in [-0.1, -0.05) is 50.1 Å². The molecule has 2 heterocycles. The minimum absolute atomic E-state index is 0.00256. The van der Waals surface area contributed by atoms with E-state index in [1.54, 1.807) is 23.3 Å². The number of thioether (sulfide) groups is 1. The second kappa shape index (κ2) is 18.1. The molecule has 2 bridgehead atoms. The number of ether oxygens (including phenoxy) is 1. The number of amides is 1. The van der Waals surface area contributed by atoms with Crippen molar-refractivity contribution in [3.63, 3.8) is 0 Å². The molecule has 5 aliphatic carbocycles. The lowest BCUT2D eigenvalue weighted by Gasteiger charge is -2.72. The lowest BCUT2D eigenvalue weighted by Crippen LogP contribution is -2.61. The van der Waals surface area contributed by atoms with Crippen LogP contribution >= 0.6 is 11.8 Å². The molecule has 5 fully saturated rings. The number of sulfone groups is 1. The number of sulfonamides is 1. The first kappa shape index (κ1) is 46.7. The molecule has 7 aliphatic rings. The number of allylic oxidation sites excluding steroid dienone is 2. The van der Waals surface area contributed by atoms with Crippen molar-refractivity contribution >= 4 is 43.2 Å². The fraction of sp³-hybridized carbons (Fsp3) is 0.553. The Labute approximate surface area is 379 Å². The Morgan fingerprint density at radius 1 is 0.891 bits per heavy atom. The van der Waals surface area contributed by atoms with Crippen LogP contribution in [0.25, 0.3) is 0 Å². The summed E-state index contributed by atoms with van der Waals surface area (Å²) < 4.78 is 103. The summed E-state index contributed by atoms with van der Waals surface area (Å²) >= 11 is 1.43. The number of nitrogens with one attached hydrogen (secondary N) is 2. The lowest BCUT2D eigenvalue weighted by atomic mass is 9.33. The molecular weight excluding hydrogens is 884 g/mol. The van der Waals surface area contributed by atoms with E-state index < -0.39 is 52.8 Å². The molecule has 0 radical (unpaired) electrons. The fourth-order valence-electron chi connectivity index (χ4n) is 10.6. The van der Waals surface area contributed by atoms with E-state index in [2.05, 4.69) is 52.3 Å². The summed E-state index contributed by atoms with van der Waals surface area (Å²) in [5, 5.41) is 2.92. The number of anilines is 1. The van der Waals surface area contributed by atoms with E-state index in [-0.39, 0.29) is 5.56 Å². The highest BCUT2D eigenvalue weighted by atomic mass is 32.2. The standard InChI is InChI=1S/C47H58F3N5O6S3/c1-44(2)17-15-40(46-31-45(3,32-46)33-46)35(28-44)29-54-19-21-55(22-20-54)37-11-9-34(10-12-37)43(56)52-64(59,60)39-13-14-41(42(27-39)63(57,58)47(48,49)50)51-36(16-18-53-23-25-61-26-24-53)30-62-38-7-5-4-6-8-38/h4-12,27,36,51H,15-26,28-33H2,1-3H3,(H,52,56)/t36-,45?,46?/m1/s1. The summed E-state index contributed by atoms with van der Waals surface area (Å²) in [6.45, 7) is 14.5. The summed E-state index contributed by atoms with van der Waals surface area (Å²) in [7, 11) is -11.0. The molecule has 11 nitrogen and oxygen atoms in total. The second-order valence-corrected chi connectivity index (χ2v) is 24.1. The van der Waals surface area contributed by atoms with Crippen LogP contribution in [0.3, 0.4) is 0 Å². The normalized spacial score (nSPS) is 25.7. The minimum Gasteiger partial charge on any atom is -0.379 e. The van der Waals surface area contributed by atoms with Crippen LogP contribution in [0.15, 0.2) is 104 Å². The van der Waals surface area contributed by atoms with Crippen molar-refractivity contribution in [2.24, 2.45) is 16.2 Å². The van der Waals surface area contributed by atoms with Gasteiger partial charge in [-0.05, 0) is 115 Å². The summed E-state index contributed by atoms with van der Waals surface area (Å²) in [5.74, 6) is -0.693. The highest BCUT2D eigenvalue weighted by Gasteiger charge is 2.66. The Hall–Kier alpha value is -3.79. The van der Waals surface area contributed by atoms with E-state index in [1.165, 1.54) is 56.0 Å². The van der Waals surface area contributed by atoms with Crippen LogP contribution in [0, 0.1) is 16.2 Å². The smallest absolute Gasteiger partial charge is 0.379 e. The van der Waals surface area contributed by atoms with Crippen LogP contribution in [0.1, 0.15) is 76.1 Å². The molecule has 0 aromatic heterocycles. The van der Waals surface area contributed by atoms with Crippen LogP contribution in [0.2, 0.25) is 0 Å². The third kappa shape index (κ3) is 10.3. The van der Waals surface area contributed by atoms with Gasteiger partial charge in [0.1, 0.15) is 15.5 Å². The zero-order valence-corrected chi connectivity index (χ0v) is 39.2. The van der Waals surface area contributed by atoms with Crippen LogP contribution in [0.5, 0.6) is 0 Å². The molecule has 2 N–H and O–H groups in total. The largest absolute Gasteiger partial charge is 0.502 e. The van der Waals surface area contributed by atoms with E-state index >= 15 is 0 Å². The maximum absolute atomic E-state index is 14.2. The number of alkyl halides is 3. The number of carbonyl (C=O) groups is 1. The number of nitrogens with zero attached hydrogens (tertiary/aromatic N) is 3. The molecule has 0 spiro atoms. The van der Waals surface area contributed by atoms with Crippen molar-refractivity contribution in [2.75, 3.05) is 76.2 Å². The summed E-state index contributed by atoms with van der Waals surface area (Å²) in [6, 6.07) is 15.2. The van der Waals surface area contributed by atoms with Crippen LogP contribution in [-0.4, -0.2) is 115 Å². The number of benzene rings is 2. The van der Waals surface area contributed by atoms with Crippen molar-refractivity contribution in [1.82, 2.24) is 19.8 Å². The Morgan fingerprint density at radius 2 is 1.56 bits per heavy atom. The summed E-state index contributed by atoms with van der Waals surface area (Å²) in [5.41, 5.74) is 3.95. The van der Waals surface area contributed by atoms with Gasteiger partial charge in [-0.25, -0.2) is 21.6 Å². The zero-order chi connectivity index (χ0) is 45.5. The van der Waals surface area contributed by atoms with Crippen LogP contribution < -0.4 is 14.9 Å². The average molecular weight is 942 g/mol. The highest BCUT2D eigenvalue weighted by molar-refractivity contribution is 7.99. The van der Waals surface area contributed by atoms with E-state index in [1.807, 2.05) is 35.1 Å². The molecule has 0 unspecified atom stereocenters. The molecule has 3 saturated carbocycles. The Balaban J connectivity index is 0.935. The van der Waals surface area contributed by atoms with Gasteiger partial charge in [0.05, 0.1) is 13.2 Å². The number of halogens is 3. The van der Waals surface area contributed by atoms with Crippen molar-refractivity contribution in [2.45, 2.75) is 82.2 Å². The number of piperazine rings is 1. The van der Waals surface area contributed by atoms with Gasteiger partial charge in [0, 0.05) is 80.3 Å². The van der Waals surface area contributed by atoms with Gasteiger partial charge < -0.3 is 15.0 Å². The van der Waals surface area contributed by atoms with Gasteiger partial charge in [0.15, 0.2) is 0 Å². The van der Waals surface area contributed by atoms with E-state index in [0.29, 0.717) is 67.3 Å². The third-order valence-electron chi connectivity index (χ3n) is 13.8. The first-order valence-electron chi connectivity index (χ1n) is 22.1. The molecule has 346 valence electrons. The highest BCUT2D eigenvalue weighted by Crippen LogP contribution is 2.77. The van der Waals surface area contributed by atoms with Crippen molar-refractivity contribution in [3.05, 3.63) is 104 Å². The van der Waals surface area contributed by atoms with Gasteiger partial charge in [-0.2, -0.15) is 13.2 Å². The SMILES string of the molecule is CC1(C)CCC(C23CC(C)(C2)C3)=C(CN2CCN(c3ccc(C(=O)NS(=O)(=O)C4=C=C=C(N[C@H](CCN5CCOCC5)CSc5ccccc5)C(S(=O)(=O)C(F)(F)F)=C4)cc3)CC2)C1. The first-order valence-corrected chi connectivity index (χ1v) is 26.1. The van der Waals surface area contributed by atoms with Crippen molar-refractivity contribution in [3.8, 4) is 0 Å². The van der Waals surface area contributed by atoms with Gasteiger partial charge in [0.25, 0.3) is 25.8 Å². The average Bonchev–Trinajstić information content (AvgIpc) is 3.23. The van der Waals surface area contributed by atoms with Gasteiger partial charge >= 0.3 is 5.51 Å². The quantitative estimate of drug-likeness (QED) is 0.0994. The van der Waals surface area contributed by atoms with E-state index in [0.717, 1.165) is 49.7 Å². The molecule has 64 heavy (non-hydrogen) atoms. The third-order valence-corrected chi connectivity index (χ3v) is 17.7.